The van der Waals surface area contributed by atoms with Crippen LogP contribution in [-0.2, 0) is 11.2 Å². The molecule has 49 heavy (non-hydrogen) atoms. The van der Waals surface area contributed by atoms with Crippen LogP contribution < -0.4 is 25.8 Å². The number of halogens is 3. The van der Waals surface area contributed by atoms with Crippen LogP contribution in [0.1, 0.15) is 85.3 Å². The fraction of sp³-hybridized carbons (Fsp3) is 0.600. The van der Waals surface area contributed by atoms with E-state index >= 15 is 4.39 Å². The van der Waals surface area contributed by atoms with Crippen molar-refractivity contribution < 1.29 is 23.0 Å². The highest BCUT2D eigenvalue weighted by molar-refractivity contribution is 7.16. The van der Waals surface area contributed by atoms with Gasteiger partial charge in [-0.3, -0.25) is 15.0 Å². The monoisotopic (exact) mass is 709 g/mol. The number of fused-ring (bicyclic) bond motifs is 3. The second kappa shape index (κ2) is 11.9. The number of amides is 1. The predicted molar refractivity (Wildman–Crippen MR) is 180 cm³/mol. The van der Waals surface area contributed by atoms with Crippen LogP contribution in [0.3, 0.4) is 0 Å². The van der Waals surface area contributed by atoms with Crippen LogP contribution in [0.2, 0.25) is 5.02 Å². The zero-order chi connectivity index (χ0) is 33.6. The molecule has 1 aromatic carbocycles. The number of thiophene rings is 1. The van der Waals surface area contributed by atoms with Crippen molar-refractivity contribution in [3.8, 4) is 18.0 Å². The van der Waals surface area contributed by atoms with E-state index in [1.165, 1.54) is 24.2 Å². The number of hydrogen-bond acceptors (Lipinski definition) is 10. The molecule has 5 heterocycles. The molecule has 9 rings (SSSR count). The predicted octanol–water partition coefficient (Wildman–Crippen LogP) is 5.14. The highest BCUT2D eigenvalue weighted by Crippen LogP contribution is 2.49. The summed E-state index contributed by atoms with van der Waals surface area (Å²) in [6, 6.07) is 4.00. The standard InChI is InChI=1S/C35H38ClF2N7O3S/c36-23-11-21-29(27(38)26(23)20-3-1-4-24-25(20)22(13-39)31(40)49-24)43-34(47-15-35-7-2-8-45(35)14-17(37)12-35)44-33(21)48-19-9-18(10-19)41-32(46)30-28(42-30)16-5-6-16/h11,16-20,28,30,42H,1-10,12,14-15,40H2,(H,41,46)/t17-,18?,19?,20+,28+,30-,35?/m1/s1. The third kappa shape index (κ3) is 5.50. The maximum Gasteiger partial charge on any atom is 0.320 e. The number of nitrogens with two attached hydrogens (primary N) is 1. The summed E-state index contributed by atoms with van der Waals surface area (Å²) in [4.78, 5) is 25.0. The molecule has 5 fully saturated rings. The summed E-state index contributed by atoms with van der Waals surface area (Å²) in [5, 5.41) is 17.3. The van der Waals surface area contributed by atoms with E-state index in [0.717, 1.165) is 42.7 Å². The van der Waals surface area contributed by atoms with Gasteiger partial charge in [0.15, 0.2) is 5.82 Å². The van der Waals surface area contributed by atoms with Gasteiger partial charge in [0, 0.05) is 59.3 Å². The molecule has 1 unspecified atom stereocenters. The molecule has 3 aliphatic heterocycles. The van der Waals surface area contributed by atoms with Crippen molar-refractivity contribution in [2.75, 3.05) is 25.4 Å². The number of carbonyl (C=O) groups is 1. The van der Waals surface area contributed by atoms with Crippen molar-refractivity contribution in [3.63, 3.8) is 0 Å². The van der Waals surface area contributed by atoms with E-state index in [2.05, 4.69) is 31.6 Å². The van der Waals surface area contributed by atoms with Crippen LogP contribution in [0.4, 0.5) is 13.8 Å². The number of hydrogen-bond donors (Lipinski definition) is 3. The van der Waals surface area contributed by atoms with E-state index in [0.29, 0.717) is 60.1 Å². The normalized spacial score (nSPS) is 31.9. The number of alkyl halides is 1. The Labute approximate surface area is 291 Å². The zero-order valence-electron chi connectivity index (χ0n) is 26.9. The Morgan fingerprint density at radius 2 is 2.10 bits per heavy atom. The Bertz CT molecular complexity index is 1890. The number of carbonyl (C=O) groups excluding carboxylic acids is 1. The summed E-state index contributed by atoms with van der Waals surface area (Å²) >= 11 is 8.27. The Morgan fingerprint density at radius 1 is 1.27 bits per heavy atom. The van der Waals surface area contributed by atoms with Gasteiger partial charge in [-0.25, -0.2) is 8.78 Å². The molecule has 0 spiro atoms. The summed E-state index contributed by atoms with van der Waals surface area (Å²) in [6.07, 6.45) is 6.67. The lowest BCUT2D eigenvalue weighted by molar-refractivity contribution is -0.122. The van der Waals surface area contributed by atoms with Crippen molar-refractivity contribution in [1.29, 1.82) is 5.26 Å². The van der Waals surface area contributed by atoms with Gasteiger partial charge in [-0.2, -0.15) is 15.2 Å². The van der Waals surface area contributed by atoms with Gasteiger partial charge in [0.05, 0.1) is 16.5 Å². The first-order valence-corrected chi connectivity index (χ1v) is 18.7. The molecule has 258 valence electrons. The van der Waals surface area contributed by atoms with Gasteiger partial charge in [0.25, 0.3) is 0 Å². The Kier molecular flexibility index (Phi) is 7.68. The Morgan fingerprint density at radius 3 is 2.90 bits per heavy atom. The van der Waals surface area contributed by atoms with Crippen LogP contribution in [-0.4, -0.2) is 76.4 Å². The minimum atomic E-state index is -0.922. The van der Waals surface area contributed by atoms with Crippen molar-refractivity contribution in [1.82, 2.24) is 25.5 Å². The number of benzene rings is 1. The number of aromatic nitrogens is 2. The number of anilines is 1. The minimum Gasteiger partial charge on any atom is -0.474 e. The zero-order valence-corrected chi connectivity index (χ0v) is 28.5. The fourth-order valence-corrected chi connectivity index (χ4v) is 10.3. The van der Waals surface area contributed by atoms with Crippen molar-refractivity contribution in [2.24, 2.45) is 5.92 Å². The smallest absolute Gasteiger partial charge is 0.320 e. The van der Waals surface area contributed by atoms with Crippen molar-refractivity contribution >= 4 is 44.7 Å². The average molecular weight is 710 g/mol. The number of ether oxygens (including phenoxy) is 2. The molecule has 3 saturated heterocycles. The van der Waals surface area contributed by atoms with E-state index in [1.54, 1.807) is 6.07 Å². The lowest BCUT2D eigenvalue weighted by Gasteiger charge is -2.35. The van der Waals surface area contributed by atoms with Crippen molar-refractivity contribution in [3.05, 3.63) is 38.5 Å². The first-order chi connectivity index (χ1) is 23.7. The quantitative estimate of drug-likeness (QED) is 0.257. The Balaban J connectivity index is 1.02. The lowest BCUT2D eigenvalue weighted by atomic mass is 9.80. The molecule has 14 heteroatoms. The summed E-state index contributed by atoms with van der Waals surface area (Å²) in [6.45, 7) is 1.37. The highest BCUT2D eigenvalue weighted by atomic mass is 35.5. The fourth-order valence-electron chi connectivity index (χ4n) is 8.85. The first kappa shape index (κ1) is 31.7. The summed E-state index contributed by atoms with van der Waals surface area (Å²) in [5.41, 5.74) is 7.17. The first-order valence-electron chi connectivity index (χ1n) is 17.5. The molecule has 0 bridgehead atoms. The third-order valence-corrected chi connectivity index (χ3v) is 13.0. The van der Waals surface area contributed by atoms with Crippen LogP contribution >= 0.6 is 22.9 Å². The topological polar surface area (TPSA) is 148 Å². The van der Waals surface area contributed by atoms with E-state index in [1.807, 2.05) is 0 Å². The molecule has 6 aliphatic rings. The second-order valence-corrected chi connectivity index (χ2v) is 16.4. The number of nitrogens with one attached hydrogen (secondary N) is 2. The molecule has 3 aromatic rings. The molecule has 3 aliphatic carbocycles. The molecular weight excluding hydrogens is 672 g/mol. The molecule has 10 nitrogen and oxygen atoms in total. The molecule has 2 saturated carbocycles. The molecule has 0 radical (unpaired) electrons. The second-order valence-electron chi connectivity index (χ2n) is 14.8. The number of nitriles is 1. The molecule has 1 amide bonds. The van der Waals surface area contributed by atoms with Gasteiger partial charge in [0.1, 0.15) is 41.5 Å². The SMILES string of the molecule is N#Cc1c(N)sc2c1[C@@H](c1c(Cl)cc3c(OC4CC(NC(=O)[C@@H]5N[C@H]5C5CC5)C4)nc(OCC45CCCN4C[C@H](F)C5)nc3c1F)CCC2. The van der Waals surface area contributed by atoms with Gasteiger partial charge in [-0.15, -0.1) is 11.3 Å². The number of rotatable bonds is 9. The van der Waals surface area contributed by atoms with E-state index in [-0.39, 0.29) is 58.7 Å². The highest BCUT2D eigenvalue weighted by Gasteiger charge is 2.52. The molecular formula is C35H38ClF2N7O3S. The maximum atomic E-state index is 16.9. The number of nitrogen functional groups attached to an aromatic ring is 1. The summed E-state index contributed by atoms with van der Waals surface area (Å²) < 4.78 is 44.0. The largest absolute Gasteiger partial charge is 0.474 e. The average Bonchev–Trinajstić information content (AvgIpc) is 3.95. The number of nitrogens with zero attached hydrogens (tertiary/aromatic N) is 4. The van der Waals surface area contributed by atoms with Gasteiger partial charge < -0.3 is 20.5 Å². The number of aryl methyl sites for hydroxylation is 1. The van der Waals surface area contributed by atoms with Gasteiger partial charge >= 0.3 is 6.01 Å². The summed E-state index contributed by atoms with van der Waals surface area (Å²) in [5.74, 6) is -0.265. The van der Waals surface area contributed by atoms with E-state index < -0.39 is 23.4 Å². The van der Waals surface area contributed by atoms with Gasteiger partial charge in [-0.1, -0.05) is 11.6 Å². The minimum absolute atomic E-state index is 0.0129. The van der Waals surface area contributed by atoms with Crippen LogP contribution in [0.5, 0.6) is 11.9 Å². The third-order valence-electron chi connectivity index (χ3n) is 11.6. The van der Waals surface area contributed by atoms with E-state index in [9.17, 15) is 14.4 Å². The van der Waals surface area contributed by atoms with Crippen LogP contribution in [0.15, 0.2) is 6.07 Å². The maximum absolute atomic E-state index is 16.9. The molecule has 4 N–H and O–H groups in total. The lowest BCUT2D eigenvalue weighted by Crippen LogP contribution is -2.50. The molecule has 2 aromatic heterocycles. The van der Waals surface area contributed by atoms with E-state index in [4.69, 9.17) is 26.8 Å². The summed E-state index contributed by atoms with van der Waals surface area (Å²) in [7, 11) is 0. The van der Waals surface area contributed by atoms with Gasteiger partial charge in [-0.05, 0) is 69.0 Å². The van der Waals surface area contributed by atoms with Crippen LogP contribution in [0, 0.1) is 23.1 Å². The van der Waals surface area contributed by atoms with Crippen molar-refractivity contribution in [2.45, 2.75) is 106 Å². The Hall–Kier alpha value is -3.31. The van der Waals surface area contributed by atoms with Crippen LogP contribution in [0.25, 0.3) is 10.9 Å². The van der Waals surface area contributed by atoms with Gasteiger partial charge in [0.2, 0.25) is 11.8 Å². The molecule has 5 atom stereocenters.